The first-order valence-electron chi connectivity index (χ1n) is 13.0. The molecule has 4 aromatic carbocycles. The zero-order valence-corrected chi connectivity index (χ0v) is 23.2. The van der Waals surface area contributed by atoms with E-state index in [1.165, 1.54) is 0 Å². The van der Waals surface area contributed by atoms with Gasteiger partial charge < -0.3 is 0 Å². The molecule has 0 bridgehead atoms. The van der Waals surface area contributed by atoms with Gasteiger partial charge in [-0.3, -0.25) is 0 Å². The number of hydrogen-bond acceptors (Lipinski definition) is 4. The van der Waals surface area contributed by atoms with Crippen LogP contribution in [0.1, 0.15) is 55.4 Å². The minimum Gasteiger partial charge on any atom is -0.151 e. The fraction of sp³-hybridized carbons (Fsp3) is 0.250. The third-order valence-corrected chi connectivity index (χ3v) is 4.14. The first-order chi connectivity index (χ1) is 17.9. The first-order valence-corrected chi connectivity index (χ1v) is 13.0. The molecule has 0 N–H and O–H groups in total. The third-order valence-electron chi connectivity index (χ3n) is 4.14. The largest absolute Gasteiger partial charge is 0.151 e. The van der Waals surface area contributed by atoms with Crippen molar-refractivity contribution in [2.24, 2.45) is 20.5 Å². The topological polar surface area (TPSA) is 49.4 Å². The van der Waals surface area contributed by atoms with Crippen molar-refractivity contribution in [3.63, 3.8) is 0 Å². The van der Waals surface area contributed by atoms with Gasteiger partial charge >= 0.3 is 0 Å². The number of azo groups is 2. The standard InChI is InChI=1S/C24H18N4.4C2H6/c1-3-7-21(8-4-1)25-27-23-15-11-19(12-16-23)20-13-17-24(18-14-20)28-26-22-9-5-2-6-10-22;4*1-2/h1-18H;4*1-2H3. The van der Waals surface area contributed by atoms with Gasteiger partial charge in [-0.2, -0.15) is 20.5 Å². The Hall–Kier alpha value is -3.92. The molecule has 36 heavy (non-hydrogen) atoms. The summed E-state index contributed by atoms with van der Waals surface area (Å²) in [4.78, 5) is 0. The molecule has 0 amide bonds. The van der Waals surface area contributed by atoms with Gasteiger partial charge in [0.25, 0.3) is 0 Å². The molecule has 0 aliphatic carbocycles. The van der Waals surface area contributed by atoms with Crippen molar-refractivity contribution in [2.75, 3.05) is 0 Å². The van der Waals surface area contributed by atoms with E-state index < -0.39 is 0 Å². The number of nitrogens with zero attached hydrogens (tertiary/aromatic N) is 4. The van der Waals surface area contributed by atoms with Crippen LogP contribution >= 0.6 is 0 Å². The summed E-state index contributed by atoms with van der Waals surface area (Å²) in [6, 6.07) is 35.4. The van der Waals surface area contributed by atoms with E-state index in [2.05, 4.69) is 20.5 Å². The summed E-state index contributed by atoms with van der Waals surface area (Å²) in [7, 11) is 0. The van der Waals surface area contributed by atoms with Crippen LogP contribution in [0.4, 0.5) is 22.7 Å². The van der Waals surface area contributed by atoms with Crippen molar-refractivity contribution >= 4 is 22.7 Å². The van der Waals surface area contributed by atoms with Gasteiger partial charge in [0.05, 0.1) is 22.7 Å². The molecule has 0 radical (unpaired) electrons. The Morgan fingerprint density at radius 1 is 0.278 bits per heavy atom. The molecule has 0 unspecified atom stereocenters. The van der Waals surface area contributed by atoms with Gasteiger partial charge in [0, 0.05) is 0 Å². The molecule has 4 rings (SSSR count). The van der Waals surface area contributed by atoms with Gasteiger partial charge in [-0.25, -0.2) is 0 Å². The van der Waals surface area contributed by atoms with E-state index in [0.29, 0.717) is 0 Å². The lowest BCUT2D eigenvalue weighted by molar-refractivity contribution is 1.23. The zero-order chi connectivity index (χ0) is 27.0. The Labute approximate surface area is 218 Å². The lowest BCUT2D eigenvalue weighted by Crippen LogP contribution is -1.76. The lowest BCUT2D eigenvalue weighted by atomic mass is 10.1. The summed E-state index contributed by atoms with van der Waals surface area (Å²) in [6.45, 7) is 16.0. The van der Waals surface area contributed by atoms with Crippen LogP contribution in [0.5, 0.6) is 0 Å². The van der Waals surface area contributed by atoms with Gasteiger partial charge in [0.15, 0.2) is 0 Å². The number of rotatable bonds is 5. The summed E-state index contributed by atoms with van der Waals surface area (Å²) in [5.41, 5.74) is 5.55. The second-order valence-electron chi connectivity index (χ2n) is 6.16. The van der Waals surface area contributed by atoms with Crippen LogP contribution in [0.3, 0.4) is 0 Å². The van der Waals surface area contributed by atoms with Crippen LogP contribution in [-0.2, 0) is 0 Å². The van der Waals surface area contributed by atoms with Gasteiger partial charge in [0.2, 0.25) is 0 Å². The van der Waals surface area contributed by atoms with Gasteiger partial charge in [-0.1, -0.05) is 116 Å². The van der Waals surface area contributed by atoms with E-state index in [0.717, 1.165) is 33.9 Å². The van der Waals surface area contributed by atoms with Crippen LogP contribution in [0.15, 0.2) is 130 Å². The maximum atomic E-state index is 4.28. The Balaban J connectivity index is 0.00000140. The predicted octanol–water partition coefficient (Wildman–Crippen LogP) is 12.3. The molecule has 0 aliphatic heterocycles. The highest BCUT2D eigenvalue weighted by molar-refractivity contribution is 5.67. The smallest absolute Gasteiger partial charge is 0.0857 e. The molecule has 0 aromatic heterocycles. The van der Waals surface area contributed by atoms with Gasteiger partial charge in [-0.05, 0) is 59.7 Å². The molecule has 4 nitrogen and oxygen atoms in total. The highest BCUT2D eigenvalue weighted by atomic mass is 15.1. The van der Waals surface area contributed by atoms with E-state index in [1.807, 2.05) is 165 Å². The molecule has 0 saturated carbocycles. The molecule has 4 aromatic rings. The van der Waals surface area contributed by atoms with Crippen molar-refractivity contribution in [3.05, 3.63) is 109 Å². The fourth-order valence-corrected chi connectivity index (χ4v) is 2.66. The fourth-order valence-electron chi connectivity index (χ4n) is 2.66. The highest BCUT2D eigenvalue weighted by Gasteiger charge is 1.99. The Morgan fingerprint density at radius 2 is 0.500 bits per heavy atom. The molecule has 0 heterocycles. The summed E-state index contributed by atoms with van der Waals surface area (Å²) in [5.74, 6) is 0. The average molecular weight is 483 g/mol. The van der Waals surface area contributed by atoms with Crippen molar-refractivity contribution in [1.82, 2.24) is 0 Å². The summed E-state index contributed by atoms with van der Waals surface area (Å²) < 4.78 is 0. The third kappa shape index (κ3) is 12.0. The minimum atomic E-state index is 0.820. The maximum absolute atomic E-state index is 4.28. The summed E-state index contributed by atoms with van der Waals surface area (Å²) >= 11 is 0. The van der Waals surface area contributed by atoms with Crippen LogP contribution in [0.25, 0.3) is 11.1 Å². The van der Waals surface area contributed by atoms with Crippen LogP contribution in [-0.4, -0.2) is 0 Å². The molecule has 0 atom stereocenters. The minimum absolute atomic E-state index is 0.820. The monoisotopic (exact) mass is 482 g/mol. The summed E-state index contributed by atoms with van der Waals surface area (Å²) in [5, 5.41) is 17.0. The average Bonchev–Trinajstić information content (AvgIpc) is 3.01. The molecular weight excluding hydrogens is 440 g/mol. The maximum Gasteiger partial charge on any atom is 0.0857 e. The van der Waals surface area contributed by atoms with Crippen LogP contribution < -0.4 is 0 Å². The molecule has 0 saturated heterocycles. The SMILES string of the molecule is CC.CC.CC.CC.c1ccc(N=Nc2ccc(-c3ccc(N=Nc4ccccc4)cc3)cc2)cc1. The van der Waals surface area contributed by atoms with Crippen molar-refractivity contribution in [2.45, 2.75) is 55.4 Å². The van der Waals surface area contributed by atoms with E-state index in [4.69, 9.17) is 0 Å². The van der Waals surface area contributed by atoms with Crippen molar-refractivity contribution < 1.29 is 0 Å². The van der Waals surface area contributed by atoms with Crippen LogP contribution in [0, 0.1) is 0 Å². The lowest BCUT2D eigenvalue weighted by Gasteiger charge is -2.02. The molecule has 0 aliphatic rings. The number of hydrogen-bond donors (Lipinski definition) is 0. The quantitative estimate of drug-likeness (QED) is 0.254. The van der Waals surface area contributed by atoms with Crippen LogP contribution in [0.2, 0.25) is 0 Å². The van der Waals surface area contributed by atoms with Gasteiger partial charge in [0.1, 0.15) is 0 Å². The highest BCUT2D eigenvalue weighted by Crippen LogP contribution is 2.26. The van der Waals surface area contributed by atoms with Crippen molar-refractivity contribution in [1.29, 1.82) is 0 Å². The number of benzene rings is 4. The van der Waals surface area contributed by atoms with E-state index in [1.54, 1.807) is 0 Å². The van der Waals surface area contributed by atoms with Gasteiger partial charge in [-0.15, -0.1) is 0 Å². The molecule has 0 fully saturated rings. The molecule has 4 heteroatoms. The first kappa shape index (κ1) is 32.1. The second-order valence-corrected chi connectivity index (χ2v) is 6.16. The van der Waals surface area contributed by atoms with E-state index >= 15 is 0 Å². The van der Waals surface area contributed by atoms with E-state index in [-0.39, 0.29) is 0 Å². The molecule has 0 spiro atoms. The zero-order valence-electron chi connectivity index (χ0n) is 23.2. The normalized spacial score (nSPS) is 9.44. The molecular formula is C32H42N4. The molecule has 190 valence electrons. The second kappa shape index (κ2) is 21.6. The van der Waals surface area contributed by atoms with Crippen molar-refractivity contribution in [3.8, 4) is 11.1 Å². The summed E-state index contributed by atoms with van der Waals surface area (Å²) in [6.07, 6.45) is 0. The Kier molecular flexibility index (Phi) is 19.3. The predicted molar refractivity (Wildman–Crippen MR) is 159 cm³/mol. The Bertz CT molecular complexity index is 980. The Morgan fingerprint density at radius 3 is 0.750 bits per heavy atom. The van der Waals surface area contributed by atoms with E-state index in [9.17, 15) is 0 Å².